The Morgan fingerprint density at radius 3 is 2.35 bits per heavy atom. The molecule has 17 heavy (non-hydrogen) atoms. The molecule has 1 aromatic carbocycles. The zero-order chi connectivity index (χ0) is 12.9. The molecule has 2 N–H and O–H groups in total. The van der Waals surface area contributed by atoms with Gasteiger partial charge in [-0.05, 0) is 24.3 Å². The van der Waals surface area contributed by atoms with Crippen molar-refractivity contribution in [2.45, 2.75) is 11.8 Å². The molecule has 0 heterocycles. The zero-order valence-corrected chi connectivity index (χ0v) is 10.8. The Morgan fingerprint density at radius 2 is 1.88 bits per heavy atom. The normalized spacial score (nSPS) is 11.1. The van der Waals surface area contributed by atoms with Crippen molar-refractivity contribution in [3.8, 4) is 11.8 Å². The van der Waals surface area contributed by atoms with E-state index in [4.69, 9.17) is 5.73 Å². The first-order valence-corrected chi connectivity index (χ1v) is 6.71. The van der Waals surface area contributed by atoms with E-state index in [2.05, 4.69) is 11.8 Å². The highest BCUT2D eigenvalue weighted by Gasteiger charge is 2.18. The minimum absolute atomic E-state index is 0.278. The maximum Gasteiger partial charge on any atom is 0.242 e. The van der Waals surface area contributed by atoms with E-state index < -0.39 is 10.0 Å². The summed E-state index contributed by atoms with van der Waals surface area (Å²) in [6, 6.07) is 6.47. The lowest BCUT2D eigenvalue weighted by Crippen LogP contribution is -2.26. The molecule has 0 unspecified atom stereocenters. The van der Waals surface area contributed by atoms with Crippen LogP contribution in [0.2, 0.25) is 0 Å². The van der Waals surface area contributed by atoms with E-state index in [1.807, 2.05) is 0 Å². The van der Waals surface area contributed by atoms with Crippen molar-refractivity contribution in [3.63, 3.8) is 0 Å². The van der Waals surface area contributed by atoms with Crippen LogP contribution in [-0.2, 0) is 10.0 Å². The molecule has 0 bridgehead atoms. The Labute approximate surface area is 102 Å². The Kier molecular flexibility index (Phi) is 4.70. The highest BCUT2D eigenvalue weighted by molar-refractivity contribution is 7.89. The average molecular weight is 252 g/mol. The molecule has 0 spiro atoms. The molecule has 92 valence electrons. The van der Waals surface area contributed by atoms with Gasteiger partial charge in [0.1, 0.15) is 0 Å². The van der Waals surface area contributed by atoms with Gasteiger partial charge >= 0.3 is 0 Å². The van der Waals surface area contributed by atoms with Crippen LogP contribution in [0, 0.1) is 11.8 Å². The SMILES string of the molecule is CCN(C)S(=O)(=O)c1ccc(C#CCN)cc1. The van der Waals surface area contributed by atoms with Crippen LogP contribution < -0.4 is 5.73 Å². The summed E-state index contributed by atoms with van der Waals surface area (Å²) in [4.78, 5) is 0.278. The van der Waals surface area contributed by atoms with Crippen molar-refractivity contribution < 1.29 is 8.42 Å². The van der Waals surface area contributed by atoms with Gasteiger partial charge in [-0.15, -0.1) is 0 Å². The first-order valence-electron chi connectivity index (χ1n) is 5.27. The molecular formula is C12H16N2O2S. The molecule has 0 fully saturated rings. The molecule has 1 aromatic rings. The Balaban J connectivity index is 3.03. The standard InChI is InChI=1S/C12H16N2O2S/c1-3-14(2)17(15,16)12-8-6-11(7-9-12)5-4-10-13/h6-9H,3,10,13H2,1-2H3. The summed E-state index contributed by atoms with van der Waals surface area (Å²) in [5.74, 6) is 5.56. The molecule has 1 rings (SSSR count). The van der Waals surface area contributed by atoms with Gasteiger partial charge in [-0.3, -0.25) is 0 Å². The molecule has 0 radical (unpaired) electrons. The molecule has 0 atom stereocenters. The molecule has 4 nitrogen and oxygen atoms in total. The number of hydrogen-bond acceptors (Lipinski definition) is 3. The minimum atomic E-state index is -3.37. The third-order valence-electron chi connectivity index (χ3n) is 2.34. The van der Waals surface area contributed by atoms with E-state index in [0.29, 0.717) is 13.1 Å². The fourth-order valence-corrected chi connectivity index (χ4v) is 2.39. The second-order valence-electron chi connectivity index (χ2n) is 3.45. The smallest absolute Gasteiger partial charge is 0.242 e. The van der Waals surface area contributed by atoms with Crippen LogP contribution in [0.25, 0.3) is 0 Å². The third kappa shape index (κ3) is 3.30. The highest BCUT2D eigenvalue weighted by atomic mass is 32.2. The Morgan fingerprint density at radius 1 is 1.29 bits per heavy atom. The summed E-state index contributed by atoms with van der Waals surface area (Å²) in [6.07, 6.45) is 0. The van der Waals surface area contributed by atoms with Crippen molar-refractivity contribution in [1.82, 2.24) is 4.31 Å². The van der Waals surface area contributed by atoms with Crippen molar-refractivity contribution in [2.75, 3.05) is 20.1 Å². The van der Waals surface area contributed by atoms with Gasteiger partial charge in [0.05, 0.1) is 11.4 Å². The number of sulfonamides is 1. The molecular weight excluding hydrogens is 236 g/mol. The van der Waals surface area contributed by atoms with Crippen LogP contribution in [0.5, 0.6) is 0 Å². The molecule has 5 heteroatoms. The maximum atomic E-state index is 12.0. The second kappa shape index (κ2) is 5.82. The van der Waals surface area contributed by atoms with E-state index in [1.54, 1.807) is 38.2 Å². The van der Waals surface area contributed by atoms with Gasteiger partial charge in [-0.2, -0.15) is 0 Å². The van der Waals surface area contributed by atoms with Crippen LogP contribution in [0.15, 0.2) is 29.2 Å². The predicted octanol–water partition coefficient (Wildman–Crippen LogP) is 0.637. The van der Waals surface area contributed by atoms with Crippen LogP contribution >= 0.6 is 0 Å². The Bertz CT molecular complexity index is 524. The average Bonchev–Trinajstić information content (AvgIpc) is 2.35. The Hall–Kier alpha value is -1.35. The first kappa shape index (κ1) is 13.7. The molecule has 0 aliphatic carbocycles. The lowest BCUT2D eigenvalue weighted by Gasteiger charge is -2.14. The molecule has 0 saturated carbocycles. The molecule has 0 aliphatic rings. The van der Waals surface area contributed by atoms with Crippen molar-refractivity contribution >= 4 is 10.0 Å². The molecule has 0 amide bonds. The number of hydrogen-bond donors (Lipinski definition) is 1. The number of nitrogens with two attached hydrogens (primary N) is 1. The van der Waals surface area contributed by atoms with E-state index in [-0.39, 0.29) is 4.90 Å². The van der Waals surface area contributed by atoms with Gasteiger partial charge in [0.2, 0.25) is 10.0 Å². The fraction of sp³-hybridized carbons (Fsp3) is 0.333. The van der Waals surface area contributed by atoms with Gasteiger partial charge in [-0.25, -0.2) is 12.7 Å². The highest BCUT2D eigenvalue weighted by Crippen LogP contribution is 2.14. The van der Waals surface area contributed by atoms with Crippen molar-refractivity contribution in [1.29, 1.82) is 0 Å². The molecule has 0 saturated heterocycles. The van der Waals surface area contributed by atoms with E-state index >= 15 is 0 Å². The van der Waals surface area contributed by atoms with Crippen LogP contribution in [-0.4, -0.2) is 32.9 Å². The maximum absolute atomic E-state index is 12.0. The van der Waals surface area contributed by atoms with Gasteiger partial charge in [0, 0.05) is 19.2 Å². The third-order valence-corrected chi connectivity index (χ3v) is 4.29. The first-order chi connectivity index (χ1) is 8.02. The summed E-state index contributed by atoms with van der Waals surface area (Å²) in [5.41, 5.74) is 6.02. The second-order valence-corrected chi connectivity index (χ2v) is 5.49. The molecule has 0 aromatic heterocycles. The number of nitrogens with zero attached hydrogens (tertiary/aromatic N) is 1. The van der Waals surface area contributed by atoms with E-state index in [9.17, 15) is 8.42 Å². The van der Waals surface area contributed by atoms with Crippen LogP contribution in [0.1, 0.15) is 12.5 Å². The van der Waals surface area contributed by atoms with E-state index in [1.165, 1.54) is 4.31 Å². The largest absolute Gasteiger partial charge is 0.320 e. The van der Waals surface area contributed by atoms with Crippen molar-refractivity contribution in [2.24, 2.45) is 5.73 Å². The van der Waals surface area contributed by atoms with Gasteiger partial charge in [0.15, 0.2) is 0 Å². The topological polar surface area (TPSA) is 63.4 Å². The molecule has 0 aliphatic heterocycles. The summed E-state index contributed by atoms with van der Waals surface area (Å²) < 4.78 is 25.2. The minimum Gasteiger partial charge on any atom is -0.320 e. The van der Waals surface area contributed by atoms with Crippen LogP contribution in [0.3, 0.4) is 0 Å². The summed E-state index contributed by atoms with van der Waals surface area (Å²) in [7, 11) is -1.81. The summed E-state index contributed by atoms with van der Waals surface area (Å²) in [5, 5.41) is 0. The monoisotopic (exact) mass is 252 g/mol. The number of rotatable bonds is 3. The van der Waals surface area contributed by atoms with Crippen LogP contribution in [0.4, 0.5) is 0 Å². The summed E-state index contributed by atoms with van der Waals surface area (Å²) in [6.45, 7) is 2.52. The summed E-state index contributed by atoms with van der Waals surface area (Å²) >= 11 is 0. The predicted molar refractivity (Wildman–Crippen MR) is 67.9 cm³/mol. The fourth-order valence-electron chi connectivity index (χ4n) is 1.21. The lowest BCUT2D eigenvalue weighted by atomic mass is 10.2. The van der Waals surface area contributed by atoms with Crippen molar-refractivity contribution in [3.05, 3.63) is 29.8 Å². The zero-order valence-electron chi connectivity index (χ0n) is 9.97. The van der Waals surface area contributed by atoms with Gasteiger partial charge in [-0.1, -0.05) is 18.8 Å². The number of benzene rings is 1. The van der Waals surface area contributed by atoms with E-state index in [0.717, 1.165) is 5.56 Å². The van der Waals surface area contributed by atoms with Gasteiger partial charge in [0.25, 0.3) is 0 Å². The quantitative estimate of drug-likeness (QED) is 0.803. The lowest BCUT2D eigenvalue weighted by molar-refractivity contribution is 0.486. The van der Waals surface area contributed by atoms with Gasteiger partial charge < -0.3 is 5.73 Å².